The van der Waals surface area contributed by atoms with Crippen LogP contribution in [-0.4, -0.2) is 64.9 Å². The van der Waals surface area contributed by atoms with Gasteiger partial charge in [0, 0.05) is 50.6 Å². The van der Waals surface area contributed by atoms with Crippen LogP contribution < -0.4 is 5.32 Å². The SMILES string of the molecule is CN1C(=O)[C@@](O)(c2ccnc(-c3csc(-c4ccnc(Nc5ccn(C)n5)n4)n3)c2)CC1C(F)(F)F. The van der Waals surface area contributed by atoms with E-state index in [0.29, 0.717) is 38.8 Å². The number of aromatic nitrogens is 6. The van der Waals surface area contributed by atoms with Gasteiger partial charge in [-0.25, -0.2) is 15.0 Å². The van der Waals surface area contributed by atoms with Crippen molar-refractivity contribution in [2.24, 2.45) is 7.05 Å². The zero-order valence-corrected chi connectivity index (χ0v) is 19.7. The van der Waals surface area contributed by atoms with Crippen LogP contribution in [0.1, 0.15) is 12.0 Å². The molecule has 1 saturated heterocycles. The fraction of sp³-hybridized carbons (Fsp3) is 0.273. The normalized spacial score (nSPS) is 20.2. The van der Waals surface area contributed by atoms with Crippen LogP contribution in [0.5, 0.6) is 0 Å². The highest BCUT2D eigenvalue weighted by Gasteiger charge is 2.59. The van der Waals surface area contributed by atoms with Crippen molar-refractivity contribution in [2.75, 3.05) is 12.4 Å². The number of alkyl halides is 3. The predicted octanol–water partition coefficient (Wildman–Crippen LogP) is 3.12. The van der Waals surface area contributed by atoms with Crippen molar-refractivity contribution in [2.45, 2.75) is 24.2 Å². The van der Waals surface area contributed by atoms with E-state index in [1.165, 1.54) is 29.7 Å². The number of nitrogens with one attached hydrogen (secondary N) is 1. The van der Waals surface area contributed by atoms with Crippen molar-refractivity contribution in [3.05, 3.63) is 53.8 Å². The maximum atomic E-state index is 13.4. The van der Waals surface area contributed by atoms with Crippen LogP contribution in [0.25, 0.3) is 22.1 Å². The maximum Gasteiger partial charge on any atom is 0.408 e. The van der Waals surface area contributed by atoms with E-state index in [-0.39, 0.29) is 5.56 Å². The van der Waals surface area contributed by atoms with E-state index in [4.69, 9.17) is 0 Å². The van der Waals surface area contributed by atoms with Crippen LogP contribution in [0.15, 0.2) is 48.2 Å². The minimum atomic E-state index is -4.66. The van der Waals surface area contributed by atoms with Crippen LogP contribution in [0.3, 0.4) is 0 Å². The maximum absolute atomic E-state index is 13.4. The first kappa shape index (κ1) is 23.8. The molecular weight excluding hydrogens is 497 g/mol. The molecule has 1 amide bonds. The lowest BCUT2D eigenvalue weighted by molar-refractivity contribution is -0.177. The Kier molecular flexibility index (Phi) is 5.71. The number of carbonyl (C=O) groups is 1. The number of hydrogen-bond donors (Lipinski definition) is 2. The molecule has 2 N–H and O–H groups in total. The molecule has 14 heteroatoms. The number of aliphatic hydroxyl groups is 1. The number of likely N-dealkylation sites (N-methyl/N-ethyl adjacent to an activating group) is 1. The van der Waals surface area contributed by atoms with E-state index in [9.17, 15) is 23.1 Å². The van der Waals surface area contributed by atoms with Gasteiger partial charge in [0.1, 0.15) is 22.4 Å². The third kappa shape index (κ3) is 4.28. The highest BCUT2D eigenvalue weighted by Crippen LogP contribution is 2.43. The largest absolute Gasteiger partial charge is 0.408 e. The quantitative estimate of drug-likeness (QED) is 0.415. The Bertz CT molecular complexity index is 1440. The zero-order chi connectivity index (χ0) is 25.7. The summed E-state index contributed by atoms with van der Waals surface area (Å²) in [5, 5.41) is 20.5. The lowest BCUT2D eigenvalue weighted by atomic mass is 9.90. The highest BCUT2D eigenvalue weighted by atomic mass is 32.1. The number of anilines is 2. The third-order valence-electron chi connectivity index (χ3n) is 5.84. The van der Waals surface area contributed by atoms with Gasteiger partial charge in [0.05, 0.1) is 5.69 Å². The number of likely N-dealkylation sites (tertiary alicyclic amines) is 1. The molecule has 5 heterocycles. The smallest absolute Gasteiger partial charge is 0.375 e. The van der Waals surface area contributed by atoms with Gasteiger partial charge in [0.15, 0.2) is 11.4 Å². The molecule has 1 fully saturated rings. The predicted molar refractivity (Wildman–Crippen MR) is 124 cm³/mol. The molecule has 0 spiro atoms. The van der Waals surface area contributed by atoms with Gasteiger partial charge in [0.25, 0.3) is 5.91 Å². The van der Waals surface area contributed by atoms with Crippen molar-refractivity contribution in [1.82, 2.24) is 34.6 Å². The molecule has 186 valence electrons. The summed E-state index contributed by atoms with van der Waals surface area (Å²) in [6.45, 7) is 0. The van der Waals surface area contributed by atoms with Gasteiger partial charge in [-0.1, -0.05) is 0 Å². The van der Waals surface area contributed by atoms with Crippen molar-refractivity contribution < 1.29 is 23.1 Å². The summed E-state index contributed by atoms with van der Waals surface area (Å²) in [6, 6.07) is 4.10. The first-order valence-corrected chi connectivity index (χ1v) is 11.5. The first-order valence-electron chi connectivity index (χ1n) is 10.6. The summed E-state index contributed by atoms with van der Waals surface area (Å²) in [7, 11) is 2.82. The number of rotatable bonds is 5. The van der Waals surface area contributed by atoms with Crippen LogP contribution in [-0.2, 0) is 17.4 Å². The molecule has 1 aliphatic rings. The number of amides is 1. The monoisotopic (exact) mass is 516 g/mol. The number of halogens is 3. The Morgan fingerprint density at radius 3 is 2.58 bits per heavy atom. The first-order chi connectivity index (χ1) is 17.0. The zero-order valence-electron chi connectivity index (χ0n) is 18.9. The fourth-order valence-corrected chi connectivity index (χ4v) is 4.77. The van der Waals surface area contributed by atoms with Gasteiger partial charge in [0.2, 0.25) is 5.95 Å². The second-order valence-corrected chi connectivity index (χ2v) is 9.13. The Balaban J connectivity index is 1.41. The summed E-state index contributed by atoms with van der Waals surface area (Å²) in [5.41, 5.74) is -1.03. The van der Waals surface area contributed by atoms with Crippen LogP contribution in [0, 0.1) is 0 Å². The van der Waals surface area contributed by atoms with Gasteiger partial charge in [-0.3, -0.25) is 14.5 Å². The van der Waals surface area contributed by atoms with Gasteiger partial charge in [-0.2, -0.15) is 18.3 Å². The molecule has 2 atom stereocenters. The number of nitrogens with zero attached hydrogens (tertiary/aromatic N) is 7. The molecule has 36 heavy (non-hydrogen) atoms. The molecule has 0 bridgehead atoms. The molecular formula is C22H19F3N8O2S. The fourth-order valence-electron chi connectivity index (χ4n) is 3.99. The average molecular weight is 517 g/mol. The molecule has 4 aromatic heterocycles. The van der Waals surface area contributed by atoms with E-state index >= 15 is 0 Å². The number of pyridine rings is 1. The third-order valence-corrected chi connectivity index (χ3v) is 6.71. The van der Waals surface area contributed by atoms with Crippen molar-refractivity contribution in [1.29, 1.82) is 0 Å². The number of thiazole rings is 1. The average Bonchev–Trinajstić information content (AvgIpc) is 3.55. The Morgan fingerprint density at radius 1 is 1.11 bits per heavy atom. The van der Waals surface area contributed by atoms with Gasteiger partial charge >= 0.3 is 6.18 Å². The second kappa shape index (κ2) is 8.64. The summed E-state index contributed by atoms with van der Waals surface area (Å²) in [5.74, 6) is -0.114. The summed E-state index contributed by atoms with van der Waals surface area (Å²) >= 11 is 1.28. The molecule has 4 aromatic rings. The molecule has 10 nitrogen and oxygen atoms in total. The topological polar surface area (TPSA) is 122 Å². The molecule has 5 rings (SSSR count). The van der Waals surface area contributed by atoms with E-state index in [2.05, 4.69) is 30.4 Å². The van der Waals surface area contributed by atoms with E-state index < -0.39 is 30.1 Å². The van der Waals surface area contributed by atoms with Crippen LogP contribution in [0.4, 0.5) is 24.9 Å². The second-order valence-electron chi connectivity index (χ2n) is 8.27. The summed E-state index contributed by atoms with van der Waals surface area (Å²) < 4.78 is 41.7. The lowest BCUT2D eigenvalue weighted by Crippen LogP contribution is -2.41. The van der Waals surface area contributed by atoms with Crippen LogP contribution >= 0.6 is 11.3 Å². The molecule has 0 aliphatic carbocycles. The Morgan fingerprint density at radius 2 is 1.89 bits per heavy atom. The van der Waals surface area contributed by atoms with E-state index in [1.54, 1.807) is 41.6 Å². The Labute approximate surface area is 206 Å². The van der Waals surface area contributed by atoms with Crippen molar-refractivity contribution in [3.63, 3.8) is 0 Å². The molecule has 1 unspecified atom stereocenters. The number of aryl methyl sites for hydroxylation is 1. The molecule has 1 aliphatic heterocycles. The summed E-state index contributed by atoms with van der Waals surface area (Å²) in [4.78, 5) is 30.6. The molecule has 0 saturated carbocycles. The van der Waals surface area contributed by atoms with Crippen LogP contribution in [0.2, 0.25) is 0 Å². The number of carbonyl (C=O) groups excluding carboxylic acids is 1. The Hall–Kier alpha value is -3.91. The van der Waals surface area contributed by atoms with Gasteiger partial charge in [-0.15, -0.1) is 11.3 Å². The van der Waals surface area contributed by atoms with Crippen molar-refractivity contribution >= 4 is 29.0 Å². The summed E-state index contributed by atoms with van der Waals surface area (Å²) in [6.07, 6.45) is -0.782. The minimum Gasteiger partial charge on any atom is -0.375 e. The standard InChI is InChI=1S/C22H19F3N8O2S/c1-32-8-5-17(31-32)30-20-27-7-4-13(29-20)18-28-15(11-36-18)14-9-12(3-6-26-14)21(35)10-16(22(23,24)25)33(2)19(21)34/h3-9,11,16,35H,10H2,1-2H3,(H,27,29,30,31)/t16?,21-/m0/s1. The number of hydrogen-bond acceptors (Lipinski definition) is 9. The molecule has 0 radical (unpaired) electrons. The van der Waals surface area contributed by atoms with E-state index in [0.717, 1.165) is 7.05 Å². The van der Waals surface area contributed by atoms with Crippen molar-refractivity contribution in [3.8, 4) is 22.1 Å². The highest BCUT2D eigenvalue weighted by molar-refractivity contribution is 7.13. The van der Waals surface area contributed by atoms with E-state index in [1.807, 2.05) is 0 Å². The molecule has 0 aromatic carbocycles. The minimum absolute atomic E-state index is 0.0227. The van der Waals surface area contributed by atoms with Gasteiger partial charge < -0.3 is 15.3 Å². The van der Waals surface area contributed by atoms with Gasteiger partial charge in [-0.05, 0) is 23.8 Å². The lowest BCUT2D eigenvalue weighted by Gasteiger charge is -2.21.